The third-order valence-electron chi connectivity index (χ3n) is 6.31. The Morgan fingerprint density at radius 3 is 1.17 bits per heavy atom. The SMILES string of the molecule is CCCCCOCCOCCOCCOCCOCCOCCOCCOCCOCCOC(=O)c1ccc(NCCCC)cc1. The van der Waals surface area contributed by atoms with Gasteiger partial charge in [0.25, 0.3) is 0 Å². The van der Waals surface area contributed by atoms with Crippen molar-refractivity contribution < 1.29 is 52.2 Å². The van der Waals surface area contributed by atoms with E-state index in [4.69, 9.17) is 47.4 Å². The molecule has 0 radical (unpaired) electrons. The van der Waals surface area contributed by atoms with Crippen molar-refractivity contribution in [1.82, 2.24) is 0 Å². The minimum atomic E-state index is -0.358. The van der Waals surface area contributed by atoms with Crippen LogP contribution in [0.3, 0.4) is 0 Å². The topological polar surface area (TPSA) is 121 Å². The summed E-state index contributed by atoms with van der Waals surface area (Å²) in [4.78, 5) is 12.1. The van der Waals surface area contributed by atoms with Crippen molar-refractivity contribution in [3.63, 3.8) is 0 Å². The Hall–Kier alpha value is -1.87. The van der Waals surface area contributed by atoms with Crippen molar-refractivity contribution in [3.05, 3.63) is 29.8 Å². The standard InChI is InChI=1S/C34H61NO11/c1-3-5-7-13-37-14-15-38-16-17-39-18-19-40-20-21-41-22-23-42-24-25-43-26-27-44-28-29-45-30-31-46-34(36)32-8-10-33(11-9-32)35-12-6-4-2/h8-11,35H,3-7,12-31H2,1-2H3. The van der Waals surface area contributed by atoms with Crippen molar-refractivity contribution in [2.45, 2.75) is 46.0 Å². The molecule has 0 heterocycles. The Labute approximate surface area is 276 Å². The van der Waals surface area contributed by atoms with E-state index in [2.05, 4.69) is 19.2 Å². The van der Waals surface area contributed by atoms with E-state index in [1.165, 1.54) is 12.8 Å². The minimum Gasteiger partial charge on any atom is -0.460 e. The highest BCUT2D eigenvalue weighted by Gasteiger charge is 2.06. The van der Waals surface area contributed by atoms with Gasteiger partial charge in [0.05, 0.1) is 118 Å². The number of esters is 1. The monoisotopic (exact) mass is 659 g/mol. The summed E-state index contributed by atoms with van der Waals surface area (Å²) < 4.78 is 54.5. The first-order chi connectivity index (χ1) is 22.8. The Bertz CT molecular complexity index is 770. The molecule has 0 amide bonds. The summed E-state index contributed by atoms with van der Waals surface area (Å²) in [6.45, 7) is 14.8. The highest BCUT2D eigenvalue weighted by molar-refractivity contribution is 5.89. The zero-order valence-corrected chi connectivity index (χ0v) is 28.5. The van der Waals surface area contributed by atoms with Crippen molar-refractivity contribution in [1.29, 1.82) is 0 Å². The summed E-state index contributed by atoms with van der Waals surface area (Å²) in [6, 6.07) is 7.30. The summed E-state index contributed by atoms with van der Waals surface area (Å²) in [5, 5.41) is 3.32. The Morgan fingerprint density at radius 2 is 0.804 bits per heavy atom. The quantitative estimate of drug-likeness (QED) is 0.0812. The molecule has 0 aliphatic rings. The molecule has 1 aromatic rings. The molecule has 46 heavy (non-hydrogen) atoms. The maximum Gasteiger partial charge on any atom is 0.338 e. The van der Waals surface area contributed by atoms with Gasteiger partial charge in [-0.3, -0.25) is 0 Å². The van der Waals surface area contributed by atoms with Gasteiger partial charge in [-0.05, 0) is 37.1 Å². The molecular weight excluding hydrogens is 598 g/mol. The van der Waals surface area contributed by atoms with E-state index in [1.807, 2.05) is 12.1 Å². The molecule has 0 aromatic heterocycles. The predicted molar refractivity (Wildman–Crippen MR) is 177 cm³/mol. The van der Waals surface area contributed by atoms with Gasteiger partial charge in [-0.25, -0.2) is 4.79 Å². The third-order valence-corrected chi connectivity index (χ3v) is 6.31. The lowest BCUT2D eigenvalue weighted by Gasteiger charge is -2.09. The van der Waals surface area contributed by atoms with Crippen LogP contribution in [0.2, 0.25) is 0 Å². The molecule has 0 bridgehead atoms. The van der Waals surface area contributed by atoms with E-state index in [9.17, 15) is 4.79 Å². The van der Waals surface area contributed by atoms with Crippen LogP contribution in [0.4, 0.5) is 5.69 Å². The molecule has 0 spiro atoms. The number of carbonyl (C=O) groups is 1. The van der Waals surface area contributed by atoms with Gasteiger partial charge >= 0.3 is 5.97 Å². The molecule has 268 valence electrons. The van der Waals surface area contributed by atoms with Crippen molar-refractivity contribution in [2.24, 2.45) is 0 Å². The van der Waals surface area contributed by atoms with Crippen LogP contribution in [0.5, 0.6) is 0 Å². The maximum absolute atomic E-state index is 12.1. The van der Waals surface area contributed by atoms with Crippen molar-refractivity contribution >= 4 is 11.7 Å². The summed E-state index contributed by atoms with van der Waals surface area (Å²) in [5.74, 6) is -0.358. The average molecular weight is 660 g/mol. The Kier molecular flexibility index (Phi) is 31.6. The molecule has 1 N–H and O–H groups in total. The second kappa shape index (κ2) is 34.5. The molecule has 1 aromatic carbocycles. The fourth-order valence-electron chi connectivity index (χ4n) is 3.73. The number of benzene rings is 1. The highest BCUT2D eigenvalue weighted by Crippen LogP contribution is 2.11. The summed E-state index contributed by atoms with van der Waals surface area (Å²) in [5.41, 5.74) is 1.52. The van der Waals surface area contributed by atoms with Gasteiger partial charge in [-0.2, -0.15) is 0 Å². The van der Waals surface area contributed by atoms with E-state index in [1.54, 1.807) is 12.1 Å². The van der Waals surface area contributed by atoms with Crippen LogP contribution in [0.15, 0.2) is 24.3 Å². The lowest BCUT2D eigenvalue weighted by atomic mass is 10.2. The molecule has 0 atom stereocenters. The average Bonchev–Trinajstić information content (AvgIpc) is 3.07. The van der Waals surface area contributed by atoms with Gasteiger partial charge < -0.3 is 52.7 Å². The molecular formula is C34H61NO11. The molecule has 1 rings (SSSR count). The summed E-state index contributed by atoms with van der Waals surface area (Å²) in [6.07, 6.45) is 5.78. The first kappa shape index (κ1) is 42.2. The number of nitrogens with one attached hydrogen (secondary N) is 1. The predicted octanol–water partition coefficient (Wildman–Crippen LogP) is 4.40. The molecule has 12 nitrogen and oxygen atoms in total. The number of ether oxygens (including phenoxy) is 10. The minimum absolute atomic E-state index is 0.194. The third kappa shape index (κ3) is 28.4. The second-order valence-electron chi connectivity index (χ2n) is 10.2. The number of hydrogen-bond acceptors (Lipinski definition) is 12. The smallest absolute Gasteiger partial charge is 0.338 e. The van der Waals surface area contributed by atoms with Crippen LogP contribution < -0.4 is 5.32 Å². The molecule has 0 aliphatic carbocycles. The fourth-order valence-corrected chi connectivity index (χ4v) is 3.73. The molecule has 12 heteroatoms. The Balaban J connectivity index is 1.71. The zero-order chi connectivity index (χ0) is 33.0. The van der Waals surface area contributed by atoms with Crippen LogP contribution in [-0.4, -0.2) is 138 Å². The molecule has 0 unspecified atom stereocenters. The van der Waals surface area contributed by atoms with Gasteiger partial charge in [-0.1, -0.05) is 33.1 Å². The number of anilines is 1. The summed E-state index contributed by atoms with van der Waals surface area (Å²) in [7, 11) is 0. The lowest BCUT2D eigenvalue weighted by Crippen LogP contribution is -2.15. The normalized spacial score (nSPS) is 11.3. The highest BCUT2D eigenvalue weighted by atomic mass is 16.6. The number of unbranched alkanes of at least 4 members (excludes halogenated alkanes) is 3. The van der Waals surface area contributed by atoms with Crippen LogP contribution in [0.1, 0.15) is 56.3 Å². The fraction of sp³-hybridized carbons (Fsp3) is 0.794. The largest absolute Gasteiger partial charge is 0.460 e. The van der Waals surface area contributed by atoms with Crippen LogP contribution in [0.25, 0.3) is 0 Å². The number of hydrogen-bond donors (Lipinski definition) is 1. The molecule has 0 fully saturated rings. The van der Waals surface area contributed by atoms with Crippen molar-refractivity contribution in [2.75, 3.05) is 137 Å². The van der Waals surface area contributed by atoms with E-state index in [0.29, 0.717) is 118 Å². The van der Waals surface area contributed by atoms with Crippen molar-refractivity contribution in [3.8, 4) is 0 Å². The van der Waals surface area contributed by atoms with Gasteiger partial charge in [0.1, 0.15) is 6.61 Å². The lowest BCUT2D eigenvalue weighted by molar-refractivity contribution is -0.0259. The summed E-state index contributed by atoms with van der Waals surface area (Å²) >= 11 is 0. The van der Waals surface area contributed by atoms with Gasteiger partial charge in [-0.15, -0.1) is 0 Å². The molecule has 0 aliphatic heterocycles. The number of rotatable bonds is 36. The van der Waals surface area contributed by atoms with Gasteiger partial charge in [0.2, 0.25) is 0 Å². The van der Waals surface area contributed by atoms with Crippen LogP contribution >= 0.6 is 0 Å². The van der Waals surface area contributed by atoms with Crippen LogP contribution in [0, 0.1) is 0 Å². The van der Waals surface area contributed by atoms with E-state index >= 15 is 0 Å². The van der Waals surface area contributed by atoms with E-state index < -0.39 is 0 Å². The van der Waals surface area contributed by atoms with Crippen LogP contribution in [-0.2, 0) is 47.4 Å². The first-order valence-electron chi connectivity index (χ1n) is 17.0. The van der Waals surface area contributed by atoms with Gasteiger partial charge in [0, 0.05) is 18.8 Å². The zero-order valence-electron chi connectivity index (χ0n) is 28.5. The molecule has 0 saturated heterocycles. The van der Waals surface area contributed by atoms with Gasteiger partial charge in [0.15, 0.2) is 0 Å². The van der Waals surface area contributed by atoms with E-state index in [0.717, 1.165) is 38.1 Å². The number of carbonyl (C=O) groups excluding carboxylic acids is 1. The maximum atomic E-state index is 12.1. The van der Waals surface area contributed by atoms with E-state index in [-0.39, 0.29) is 12.6 Å². The first-order valence-corrected chi connectivity index (χ1v) is 17.0. The Morgan fingerprint density at radius 1 is 0.457 bits per heavy atom. The second-order valence-corrected chi connectivity index (χ2v) is 10.2. The molecule has 0 saturated carbocycles.